The summed E-state index contributed by atoms with van der Waals surface area (Å²) in [5.41, 5.74) is 3.07. The van der Waals surface area contributed by atoms with Gasteiger partial charge in [0, 0.05) is 52.0 Å². The van der Waals surface area contributed by atoms with E-state index >= 15 is 0 Å². The lowest BCUT2D eigenvalue weighted by Crippen LogP contribution is -2.56. The molecule has 4 rings (SSSR count). The number of benzene rings is 2. The number of fused-ring (bicyclic) bond motifs is 1. The van der Waals surface area contributed by atoms with Crippen molar-refractivity contribution in [3.63, 3.8) is 0 Å². The largest absolute Gasteiger partial charge is 0.353 e. The summed E-state index contributed by atoms with van der Waals surface area (Å²) in [6.07, 6.45) is 2.09. The van der Waals surface area contributed by atoms with Gasteiger partial charge in [0.25, 0.3) is 0 Å². The average molecular weight is 420 g/mol. The number of carbonyl (C=O) groups excluding carboxylic acids is 2. The molecule has 31 heavy (non-hydrogen) atoms. The molecular formula is C24H29N5O2. The predicted octanol–water partition coefficient (Wildman–Crippen LogP) is 2.23. The van der Waals surface area contributed by atoms with Gasteiger partial charge in [-0.2, -0.15) is 5.10 Å². The first-order valence-corrected chi connectivity index (χ1v) is 10.6. The molecule has 2 heterocycles. The fraction of sp³-hybridized carbons (Fsp3) is 0.375. The molecule has 0 radical (unpaired) electrons. The summed E-state index contributed by atoms with van der Waals surface area (Å²) in [4.78, 5) is 29.4. The van der Waals surface area contributed by atoms with Crippen molar-refractivity contribution in [2.75, 3.05) is 20.1 Å². The summed E-state index contributed by atoms with van der Waals surface area (Å²) in [6, 6.07) is 14.2. The number of amides is 2. The summed E-state index contributed by atoms with van der Waals surface area (Å²) in [5, 5.41) is 9.63. The molecule has 1 N–H and O–H groups in total. The molecule has 0 spiro atoms. The molecule has 1 saturated heterocycles. The SMILES string of the molecule is Cc1nn(C)cc1CN(C)C(=O)C[C@@H]1C(=O)NCCN1Cc1ccc2ccccc2c1. The van der Waals surface area contributed by atoms with Crippen LogP contribution in [-0.4, -0.2) is 57.6 Å². The van der Waals surface area contributed by atoms with E-state index in [0.717, 1.165) is 23.4 Å². The molecule has 1 aliphatic rings. The van der Waals surface area contributed by atoms with E-state index in [9.17, 15) is 9.59 Å². The molecule has 1 fully saturated rings. The van der Waals surface area contributed by atoms with Crippen molar-refractivity contribution in [3.05, 3.63) is 65.5 Å². The van der Waals surface area contributed by atoms with Crippen LogP contribution in [0.4, 0.5) is 0 Å². The molecule has 0 unspecified atom stereocenters. The van der Waals surface area contributed by atoms with E-state index in [2.05, 4.69) is 45.6 Å². The Hall–Kier alpha value is -3.19. The summed E-state index contributed by atoms with van der Waals surface area (Å²) in [5.74, 6) is -0.125. The maximum absolute atomic E-state index is 12.9. The van der Waals surface area contributed by atoms with Gasteiger partial charge in [0.1, 0.15) is 0 Å². The van der Waals surface area contributed by atoms with Crippen LogP contribution in [0.15, 0.2) is 48.7 Å². The first kappa shape index (κ1) is 21.1. The molecule has 0 bridgehead atoms. The molecule has 0 saturated carbocycles. The van der Waals surface area contributed by atoms with Crippen LogP contribution in [0.1, 0.15) is 23.2 Å². The third kappa shape index (κ3) is 4.77. The second-order valence-electron chi connectivity index (χ2n) is 8.33. The molecule has 162 valence electrons. The van der Waals surface area contributed by atoms with Crippen molar-refractivity contribution in [1.29, 1.82) is 0 Å². The van der Waals surface area contributed by atoms with E-state index in [1.54, 1.807) is 16.6 Å². The smallest absolute Gasteiger partial charge is 0.237 e. The second-order valence-corrected chi connectivity index (χ2v) is 8.33. The van der Waals surface area contributed by atoms with Crippen molar-refractivity contribution in [1.82, 2.24) is 24.9 Å². The normalized spacial score (nSPS) is 17.0. The zero-order chi connectivity index (χ0) is 22.0. The van der Waals surface area contributed by atoms with Crippen LogP contribution in [-0.2, 0) is 29.7 Å². The van der Waals surface area contributed by atoms with Crippen LogP contribution in [0.3, 0.4) is 0 Å². The lowest BCUT2D eigenvalue weighted by atomic mass is 10.0. The number of nitrogens with zero attached hydrogens (tertiary/aromatic N) is 4. The highest BCUT2D eigenvalue weighted by Crippen LogP contribution is 2.20. The maximum atomic E-state index is 12.9. The molecule has 7 nitrogen and oxygen atoms in total. The summed E-state index contributed by atoms with van der Waals surface area (Å²) in [6.45, 7) is 4.39. The Morgan fingerprint density at radius 3 is 2.74 bits per heavy atom. The van der Waals surface area contributed by atoms with Gasteiger partial charge in [-0.15, -0.1) is 0 Å². The Kier molecular flexibility index (Phi) is 6.04. The van der Waals surface area contributed by atoms with Crippen LogP contribution in [0.2, 0.25) is 0 Å². The number of hydrogen-bond donors (Lipinski definition) is 1. The third-order valence-corrected chi connectivity index (χ3v) is 5.96. The first-order chi connectivity index (χ1) is 14.9. The lowest BCUT2D eigenvalue weighted by molar-refractivity contribution is -0.138. The van der Waals surface area contributed by atoms with Crippen LogP contribution in [0, 0.1) is 6.92 Å². The molecule has 1 aromatic heterocycles. The minimum atomic E-state index is -0.467. The highest BCUT2D eigenvalue weighted by molar-refractivity contribution is 5.89. The van der Waals surface area contributed by atoms with E-state index in [-0.39, 0.29) is 18.2 Å². The number of carbonyl (C=O) groups is 2. The summed E-state index contributed by atoms with van der Waals surface area (Å²) < 4.78 is 1.75. The van der Waals surface area contributed by atoms with E-state index in [4.69, 9.17) is 0 Å². The minimum absolute atomic E-state index is 0.0474. The van der Waals surface area contributed by atoms with Gasteiger partial charge in [0.2, 0.25) is 11.8 Å². The number of piperazine rings is 1. The standard InChI is InChI=1S/C24H29N5O2/c1-17-21(16-28(3)26-17)15-27(2)23(30)13-22-24(31)25-10-11-29(22)14-18-8-9-19-6-4-5-7-20(19)12-18/h4-9,12,16,22H,10-11,13-15H2,1-3H3,(H,25,31)/t22-/m1/s1. The highest BCUT2D eigenvalue weighted by atomic mass is 16.2. The van der Waals surface area contributed by atoms with Gasteiger partial charge in [-0.1, -0.05) is 36.4 Å². The van der Waals surface area contributed by atoms with Crippen LogP contribution >= 0.6 is 0 Å². The van der Waals surface area contributed by atoms with Crippen molar-refractivity contribution in [2.24, 2.45) is 7.05 Å². The zero-order valence-electron chi connectivity index (χ0n) is 18.3. The molecule has 0 aliphatic carbocycles. The van der Waals surface area contributed by atoms with Crippen molar-refractivity contribution >= 4 is 22.6 Å². The van der Waals surface area contributed by atoms with E-state index in [1.165, 1.54) is 10.8 Å². The molecular weight excluding hydrogens is 390 g/mol. The van der Waals surface area contributed by atoms with Gasteiger partial charge in [-0.25, -0.2) is 0 Å². The maximum Gasteiger partial charge on any atom is 0.237 e. The number of rotatable bonds is 6. The molecule has 1 aliphatic heterocycles. The fourth-order valence-electron chi connectivity index (χ4n) is 4.21. The summed E-state index contributed by atoms with van der Waals surface area (Å²) >= 11 is 0. The van der Waals surface area contributed by atoms with Gasteiger partial charge in [-0.05, 0) is 29.3 Å². The van der Waals surface area contributed by atoms with Gasteiger partial charge in [0.15, 0.2) is 0 Å². The van der Waals surface area contributed by atoms with Crippen molar-refractivity contribution in [2.45, 2.75) is 32.5 Å². The Labute approximate surface area is 182 Å². The topological polar surface area (TPSA) is 70.5 Å². The Balaban J connectivity index is 1.45. The summed E-state index contributed by atoms with van der Waals surface area (Å²) in [7, 11) is 3.65. The van der Waals surface area contributed by atoms with Crippen molar-refractivity contribution in [3.8, 4) is 0 Å². The molecule has 2 amide bonds. The van der Waals surface area contributed by atoms with E-state index < -0.39 is 6.04 Å². The Bertz CT molecular complexity index is 1110. The Morgan fingerprint density at radius 1 is 1.23 bits per heavy atom. The highest BCUT2D eigenvalue weighted by Gasteiger charge is 2.32. The van der Waals surface area contributed by atoms with E-state index in [1.807, 2.05) is 32.3 Å². The molecule has 1 atom stereocenters. The van der Waals surface area contributed by atoms with Gasteiger partial charge in [0.05, 0.1) is 18.2 Å². The van der Waals surface area contributed by atoms with Gasteiger partial charge < -0.3 is 10.2 Å². The zero-order valence-corrected chi connectivity index (χ0v) is 18.3. The monoisotopic (exact) mass is 419 g/mol. The fourth-order valence-corrected chi connectivity index (χ4v) is 4.21. The first-order valence-electron chi connectivity index (χ1n) is 10.6. The average Bonchev–Trinajstić information content (AvgIpc) is 3.06. The van der Waals surface area contributed by atoms with Crippen LogP contribution in [0.5, 0.6) is 0 Å². The lowest BCUT2D eigenvalue weighted by Gasteiger charge is -2.35. The minimum Gasteiger partial charge on any atom is -0.353 e. The number of nitrogens with one attached hydrogen (secondary N) is 1. The predicted molar refractivity (Wildman–Crippen MR) is 120 cm³/mol. The van der Waals surface area contributed by atoms with Gasteiger partial charge >= 0.3 is 0 Å². The van der Waals surface area contributed by atoms with Crippen molar-refractivity contribution < 1.29 is 9.59 Å². The third-order valence-electron chi connectivity index (χ3n) is 5.96. The second kappa shape index (κ2) is 8.89. The van der Waals surface area contributed by atoms with Gasteiger partial charge in [-0.3, -0.25) is 19.2 Å². The Morgan fingerprint density at radius 2 is 2.00 bits per heavy atom. The molecule has 7 heteroatoms. The van der Waals surface area contributed by atoms with Crippen LogP contribution in [0.25, 0.3) is 10.8 Å². The molecule has 2 aromatic carbocycles. The van der Waals surface area contributed by atoms with E-state index in [0.29, 0.717) is 19.6 Å². The molecule has 3 aromatic rings. The number of hydrogen-bond acceptors (Lipinski definition) is 4. The number of aryl methyl sites for hydroxylation is 2. The van der Waals surface area contributed by atoms with Crippen LogP contribution < -0.4 is 5.32 Å². The quantitative estimate of drug-likeness (QED) is 0.665. The number of aromatic nitrogens is 2.